The zero-order chi connectivity index (χ0) is 16.2. The number of hydrogen-bond acceptors (Lipinski definition) is 5. The zero-order valence-corrected chi connectivity index (χ0v) is 14.0. The fraction of sp³-hybridized carbons (Fsp3) is 0.188. The highest BCUT2D eigenvalue weighted by Crippen LogP contribution is 2.18. The average molecular weight is 376 g/mol. The van der Waals surface area contributed by atoms with E-state index in [0.717, 1.165) is 5.56 Å². The monoisotopic (exact) mass is 375 g/mol. The van der Waals surface area contributed by atoms with Crippen LogP contribution in [0.4, 0.5) is 0 Å². The minimum Gasteiger partial charge on any atom is -0.444 e. The summed E-state index contributed by atoms with van der Waals surface area (Å²) < 4.78 is 11.1. The molecule has 0 N–H and O–H groups in total. The molecule has 3 rings (SSSR count). The van der Waals surface area contributed by atoms with Crippen LogP contribution in [0.2, 0.25) is 0 Å². The number of carbonyl (C=O) groups is 1. The topological polar surface area (TPSA) is 72.4 Å². The lowest BCUT2D eigenvalue weighted by atomic mass is 10.2. The van der Waals surface area contributed by atoms with Crippen LogP contribution < -0.4 is 0 Å². The molecular weight excluding hydrogens is 362 g/mol. The molecule has 2 heterocycles. The summed E-state index contributed by atoms with van der Waals surface area (Å²) in [5.74, 6) is 0.925. The largest absolute Gasteiger partial charge is 0.444 e. The average Bonchev–Trinajstić information content (AvgIpc) is 3.22. The minimum absolute atomic E-state index is 0.224. The van der Waals surface area contributed by atoms with Crippen LogP contribution in [0.15, 0.2) is 56.1 Å². The molecule has 6 nitrogen and oxygen atoms in total. The van der Waals surface area contributed by atoms with Gasteiger partial charge >= 0.3 is 0 Å². The highest BCUT2D eigenvalue weighted by molar-refractivity contribution is 9.10. The predicted molar refractivity (Wildman–Crippen MR) is 86.6 cm³/mol. The third-order valence-electron chi connectivity index (χ3n) is 3.28. The van der Waals surface area contributed by atoms with Gasteiger partial charge in [-0.15, -0.1) is 0 Å². The fourth-order valence-corrected chi connectivity index (χ4v) is 2.41. The van der Waals surface area contributed by atoms with Crippen LogP contribution in [0.25, 0.3) is 11.4 Å². The molecule has 0 fully saturated rings. The maximum atomic E-state index is 12.4. The summed E-state index contributed by atoms with van der Waals surface area (Å²) in [5.41, 5.74) is 0.867. The first-order valence-corrected chi connectivity index (χ1v) is 7.89. The number of furan rings is 1. The summed E-state index contributed by atoms with van der Waals surface area (Å²) >= 11 is 3.19. The number of benzene rings is 1. The van der Waals surface area contributed by atoms with Gasteiger partial charge in [-0.05, 0) is 35.0 Å². The molecular formula is C16H14BrN3O3. The second kappa shape index (κ2) is 6.78. The summed E-state index contributed by atoms with van der Waals surface area (Å²) in [7, 11) is 0. The Morgan fingerprint density at radius 3 is 2.65 bits per heavy atom. The van der Waals surface area contributed by atoms with E-state index < -0.39 is 0 Å². The van der Waals surface area contributed by atoms with Gasteiger partial charge in [0.15, 0.2) is 10.4 Å². The SMILES string of the molecule is CCN(Cc1nc(-c2ccccc2)no1)C(=O)c1ccc(Br)o1. The second-order valence-corrected chi connectivity index (χ2v) is 5.58. The van der Waals surface area contributed by atoms with Crippen LogP contribution in [-0.4, -0.2) is 27.5 Å². The second-order valence-electron chi connectivity index (χ2n) is 4.80. The quantitative estimate of drug-likeness (QED) is 0.678. The van der Waals surface area contributed by atoms with Crippen molar-refractivity contribution < 1.29 is 13.7 Å². The van der Waals surface area contributed by atoms with E-state index in [1.165, 1.54) is 0 Å². The van der Waals surface area contributed by atoms with Gasteiger partial charge in [0.2, 0.25) is 11.7 Å². The number of hydrogen-bond donors (Lipinski definition) is 0. The van der Waals surface area contributed by atoms with Crippen LogP contribution in [0.1, 0.15) is 23.4 Å². The van der Waals surface area contributed by atoms with E-state index >= 15 is 0 Å². The summed E-state index contributed by atoms with van der Waals surface area (Å²) in [4.78, 5) is 18.3. The maximum absolute atomic E-state index is 12.4. The maximum Gasteiger partial charge on any atom is 0.290 e. The highest BCUT2D eigenvalue weighted by atomic mass is 79.9. The Bertz CT molecular complexity index is 798. The van der Waals surface area contributed by atoms with Gasteiger partial charge < -0.3 is 13.8 Å². The van der Waals surface area contributed by atoms with Crippen molar-refractivity contribution in [3.8, 4) is 11.4 Å². The van der Waals surface area contributed by atoms with Crippen molar-refractivity contribution in [1.29, 1.82) is 0 Å². The van der Waals surface area contributed by atoms with E-state index in [1.54, 1.807) is 17.0 Å². The van der Waals surface area contributed by atoms with Crippen molar-refractivity contribution in [2.45, 2.75) is 13.5 Å². The van der Waals surface area contributed by atoms with Gasteiger partial charge in [-0.1, -0.05) is 35.5 Å². The highest BCUT2D eigenvalue weighted by Gasteiger charge is 2.20. The number of nitrogens with zero attached hydrogens (tertiary/aromatic N) is 3. The Hall–Kier alpha value is -2.41. The molecule has 0 atom stereocenters. The number of amides is 1. The molecule has 0 saturated carbocycles. The standard InChI is InChI=1S/C16H14BrN3O3/c1-2-20(16(21)12-8-9-13(17)22-12)10-14-18-15(19-23-14)11-6-4-3-5-7-11/h3-9H,2,10H2,1H3. The molecule has 0 radical (unpaired) electrons. The molecule has 0 saturated heterocycles. The Morgan fingerprint density at radius 1 is 1.22 bits per heavy atom. The first kappa shape index (κ1) is 15.5. The number of carbonyl (C=O) groups excluding carboxylic acids is 1. The predicted octanol–water partition coefficient (Wildman–Crippen LogP) is 3.75. The fourth-order valence-electron chi connectivity index (χ4n) is 2.10. The lowest BCUT2D eigenvalue weighted by molar-refractivity contribution is 0.0701. The molecule has 23 heavy (non-hydrogen) atoms. The Labute approximate surface area is 141 Å². The van der Waals surface area contributed by atoms with Crippen LogP contribution in [-0.2, 0) is 6.54 Å². The van der Waals surface area contributed by atoms with Gasteiger partial charge in [-0.25, -0.2) is 0 Å². The first-order chi connectivity index (χ1) is 11.2. The molecule has 1 aromatic carbocycles. The molecule has 118 valence electrons. The van der Waals surface area contributed by atoms with Crippen molar-refractivity contribution in [2.24, 2.45) is 0 Å². The molecule has 3 aromatic rings. The van der Waals surface area contributed by atoms with E-state index in [1.807, 2.05) is 37.3 Å². The van der Waals surface area contributed by atoms with Crippen molar-refractivity contribution in [3.05, 3.63) is 58.8 Å². The van der Waals surface area contributed by atoms with Gasteiger partial charge in [-0.2, -0.15) is 4.98 Å². The molecule has 0 bridgehead atoms. The van der Waals surface area contributed by atoms with Crippen LogP contribution in [0.5, 0.6) is 0 Å². The molecule has 0 aliphatic heterocycles. The third-order valence-corrected chi connectivity index (χ3v) is 3.71. The summed E-state index contributed by atoms with van der Waals surface area (Å²) in [6.07, 6.45) is 0. The summed E-state index contributed by atoms with van der Waals surface area (Å²) in [5, 5.41) is 3.95. The van der Waals surface area contributed by atoms with Crippen molar-refractivity contribution in [2.75, 3.05) is 6.54 Å². The Kier molecular flexibility index (Phi) is 4.57. The van der Waals surface area contributed by atoms with Crippen molar-refractivity contribution >= 4 is 21.8 Å². The molecule has 0 spiro atoms. The van der Waals surface area contributed by atoms with Crippen LogP contribution >= 0.6 is 15.9 Å². The molecule has 0 aliphatic rings. The lowest BCUT2D eigenvalue weighted by Crippen LogP contribution is -2.30. The molecule has 7 heteroatoms. The molecule has 2 aromatic heterocycles. The number of halogens is 1. The first-order valence-electron chi connectivity index (χ1n) is 7.10. The normalized spacial score (nSPS) is 10.7. The number of aromatic nitrogens is 2. The number of rotatable bonds is 5. The van der Waals surface area contributed by atoms with E-state index in [9.17, 15) is 4.79 Å². The van der Waals surface area contributed by atoms with Crippen LogP contribution in [0, 0.1) is 0 Å². The summed E-state index contributed by atoms with van der Waals surface area (Å²) in [6, 6.07) is 12.8. The lowest BCUT2D eigenvalue weighted by Gasteiger charge is -2.16. The Balaban J connectivity index is 1.75. The Morgan fingerprint density at radius 2 is 2.00 bits per heavy atom. The van der Waals surface area contributed by atoms with E-state index in [4.69, 9.17) is 8.94 Å². The van der Waals surface area contributed by atoms with Gasteiger partial charge in [0.25, 0.3) is 5.91 Å². The smallest absolute Gasteiger partial charge is 0.290 e. The minimum atomic E-state index is -0.224. The van der Waals surface area contributed by atoms with Gasteiger partial charge in [-0.3, -0.25) is 4.79 Å². The van der Waals surface area contributed by atoms with E-state index in [0.29, 0.717) is 22.9 Å². The molecule has 0 aliphatic carbocycles. The van der Waals surface area contributed by atoms with Crippen molar-refractivity contribution in [1.82, 2.24) is 15.0 Å². The zero-order valence-electron chi connectivity index (χ0n) is 12.4. The van der Waals surface area contributed by atoms with Gasteiger partial charge in [0.1, 0.15) is 6.54 Å². The molecule has 1 amide bonds. The van der Waals surface area contributed by atoms with E-state index in [2.05, 4.69) is 26.1 Å². The molecule has 0 unspecified atom stereocenters. The summed E-state index contributed by atoms with van der Waals surface area (Å²) in [6.45, 7) is 2.61. The van der Waals surface area contributed by atoms with Gasteiger partial charge in [0.05, 0.1) is 0 Å². The van der Waals surface area contributed by atoms with Crippen LogP contribution in [0.3, 0.4) is 0 Å². The third kappa shape index (κ3) is 3.50. The van der Waals surface area contributed by atoms with Crippen molar-refractivity contribution in [3.63, 3.8) is 0 Å². The van der Waals surface area contributed by atoms with Gasteiger partial charge in [0, 0.05) is 12.1 Å². The van der Waals surface area contributed by atoms with E-state index in [-0.39, 0.29) is 18.2 Å².